The van der Waals surface area contributed by atoms with Crippen molar-refractivity contribution in [1.29, 1.82) is 5.26 Å². The number of thiazole rings is 1. The van der Waals surface area contributed by atoms with Crippen LogP contribution in [0.3, 0.4) is 0 Å². The number of aliphatic imine (C=N–C) groups is 1. The van der Waals surface area contributed by atoms with Crippen molar-refractivity contribution in [3.63, 3.8) is 0 Å². The van der Waals surface area contributed by atoms with Crippen LogP contribution in [0.4, 0.5) is 0 Å². The molecular formula is C8H10N4S2. The summed E-state index contributed by atoms with van der Waals surface area (Å²) in [6, 6.07) is -0.00157. The number of thioether (sulfide) groups is 1. The van der Waals surface area contributed by atoms with Crippen LogP contribution in [-0.4, -0.2) is 16.4 Å². The number of rotatable bonds is 2. The van der Waals surface area contributed by atoms with Crippen molar-refractivity contribution in [2.75, 3.05) is 6.26 Å². The van der Waals surface area contributed by atoms with Gasteiger partial charge in [-0.05, 0) is 13.2 Å². The fourth-order valence-electron chi connectivity index (χ4n) is 0.856. The maximum absolute atomic E-state index is 8.44. The summed E-state index contributed by atoms with van der Waals surface area (Å²) in [7, 11) is 0. The van der Waals surface area contributed by atoms with Gasteiger partial charge >= 0.3 is 0 Å². The first kappa shape index (κ1) is 11.0. The van der Waals surface area contributed by atoms with Crippen LogP contribution in [0, 0.1) is 11.5 Å². The molecule has 0 fully saturated rings. The highest BCUT2D eigenvalue weighted by Crippen LogP contribution is 2.19. The summed E-state index contributed by atoms with van der Waals surface area (Å²) in [6.45, 7) is 1.95. The smallest absolute Gasteiger partial charge is 0.183 e. The summed E-state index contributed by atoms with van der Waals surface area (Å²) in [6.07, 6.45) is 5.48. The van der Waals surface area contributed by atoms with E-state index in [1.54, 1.807) is 17.5 Å². The van der Waals surface area contributed by atoms with E-state index >= 15 is 0 Å². The fraction of sp³-hybridized carbons (Fsp3) is 0.375. The highest BCUT2D eigenvalue weighted by atomic mass is 32.2. The molecular weight excluding hydrogens is 216 g/mol. The molecule has 0 saturated heterocycles. The lowest BCUT2D eigenvalue weighted by atomic mass is 10.4. The van der Waals surface area contributed by atoms with Gasteiger partial charge in [0.05, 0.1) is 0 Å². The standard InChI is InChI=1S/C8H10N4S2/c1-6(7-10-3-4-14-7)12-8(13-2)11-5-9/h3-4,6H,1-2H3,(H,11,12). The van der Waals surface area contributed by atoms with Crippen molar-refractivity contribution >= 4 is 28.3 Å². The molecule has 1 N–H and O–H groups in total. The second-order valence-corrected chi connectivity index (χ2v) is 4.14. The molecule has 1 atom stereocenters. The molecule has 0 bridgehead atoms. The number of aromatic nitrogens is 1. The third-order valence-corrected chi connectivity index (χ3v) is 3.02. The third kappa shape index (κ3) is 3.01. The van der Waals surface area contributed by atoms with E-state index in [2.05, 4.69) is 15.3 Å². The first-order valence-corrected chi connectivity index (χ1v) is 6.04. The minimum atomic E-state index is -0.00157. The average molecular weight is 226 g/mol. The Balaban J connectivity index is 2.71. The normalized spacial score (nSPS) is 13.4. The number of nitrogens with one attached hydrogen (secondary N) is 1. The van der Waals surface area contributed by atoms with Gasteiger partial charge in [-0.1, -0.05) is 11.8 Å². The van der Waals surface area contributed by atoms with Gasteiger partial charge in [0, 0.05) is 11.6 Å². The number of amidine groups is 1. The molecule has 1 rings (SSSR count). The molecule has 0 radical (unpaired) electrons. The maximum Gasteiger partial charge on any atom is 0.183 e. The predicted molar refractivity (Wildman–Crippen MR) is 60.2 cm³/mol. The lowest BCUT2D eigenvalue weighted by Crippen LogP contribution is -2.14. The SMILES string of the molecule is CSC(=NC(C)c1nccs1)NC#N. The lowest BCUT2D eigenvalue weighted by molar-refractivity contribution is 0.807. The van der Waals surface area contributed by atoms with Gasteiger partial charge in [0.1, 0.15) is 11.0 Å². The monoisotopic (exact) mass is 226 g/mol. The predicted octanol–water partition coefficient (Wildman–Crippen LogP) is 1.99. The maximum atomic E-state index is 8.44. The Kier molecular flexibility index (Phi) is 4.43. The van der Waals surface area contributed by atoms with Gasteiger partial charge in [-0.3, -0.25) is 10.3 Å². The second-order valence-electron chi connectivity index (χ2n) is 2.42. The Morgan fingerprint density at radius 3 is 3.14 bits per heavy atom. The van der Waals surface area contributed by atoms with E-state index in [0.717, 1.165) is 5.01 Å². The molecule has 14 heavy (non-hydrogen) atoms. The first-order valence-electron chi connectivity index (χ1n) is 3.94. The first-order chi connectivity index (χ1) is 6.77. The number of nitrogens with zero attached hydrogens (tertiary/aromatic N) is 3. The molecule has 1 heterocycles. The Morgan fingerprint density at radius 2 is 2.64 bits per heavy atom. The van der Waals surface area contributed by atoms with Crippen LogP contribution in [0.2, 0.25) is 0 Å². The molecule has 6 heteroatoms. The summed E-state index contributed by atoms with van der Waals surface area (Å²) in [5.41, 5.74) is 0. The molecule has 0 aliphatic heterocycles. The van der Waals surface area contributed by atoms with Crippen LogP contribution >= 0.6 is 23.1 Å². The van der Waals surface area contributed by atoms with Gasteiger partial charge in [-0.15, -0.1) is 11.3 Å². The van der Waals surface area contributed by atoms with Crippen LogP contribution in [0.1, 0.15) is 18.0 Å². The van der Waals surface area contributed by atoms with E-state index in [9.17, 15) is 0 Å². The van der Waals surface area contributed by atoms with Gasteiger partial charge < -0.3 is 0 Å². The molecule has 0 amide bonds. The molecule has 74 valence electrons. The van der Waals surface area contributed by atoms with Crippen LogP contribution in [0.15, 0.2) is 16.6 Å². The molecule has 0 spiro atoms. The van der Waals surface area contributed by atoms with Crippen molar-refractivity contribution in [1.82, 2.24) is 10.3 Å². The van der Waals surface area contributed by atoms with Gasteiger partial charge in [-0.2, -0.15) is 5.26 Å². The van der Waals surface area contributed by atoms with Crippen molar-refractivity contribution in [3.8, 4) is 6.19 Å². The van der Waals surface area contributed by atoms with E-state index in [1.807, 2.05) is 24.8 Å². The zero-order valence-electron chi connectivity index (χ0n) is 7.89. The van der Waals surface area contributed by atoms with Crippen molar-refractivity contribution in [2.45, 2.75) is 13.0 Å². The highest BCUT2D eigenvalue weighted by molar-refractivity contribution is 8.13. The topological polar surface area (TPSA) is 61.1 Å². The van der Waals surface area contributed by atoms with E-state index in [4.69, 9.17) is 5.26 Å². The second kappa shape index (κ2) is 5.62. The number of nitriles is 1. The molecule has 1 aromatic heterocycles. The zero-order chi connectivity index (χ0) is 10.4. The summed E-state index contributed by atoms with van der Waals surface area (Å²) < 4.78 is 0. The fourth-order valence-corrected chi connectivity index (χ4v) is 1.90. The third-order valence-electron chi connectivity index (χ3n) is 1.48. The summed E-state index contributed by atoms with van der Waals surface area (Å²) in [5, 5.41) is 14.5. The highest BCUT2D eigenvalue weighted by Gasteiger charge is 2.07. The largest absolute Gasteiger partial charge is 0.272 e. The van der Waals surface area contributed by atoms with Crippen LogP contribution in [0.25, 0.3) is 0 Å². The Labute approximate surface area is 91.1 Å². The lowest BCUT2D eigenvalue weighted by Gasteiger charge is -2.04. The number of hydrogen-bond acceptors (Lipinski definition) is 5. The van der Waals surface area contributed by atoms with Gasteiger partial charge in [0.2, 0.25) is 0 Å². The van der Waals surface area contributed by atoms with E-state index < -0.39 is 0 Å². The van der Waals surface area contributed by atoms with Gasteiger partial charge in [0.15, 0.2) is 11.4 Å². The zero-order valence-corrected chi connectivity index (χ0v) is 9.52. The Morgan fingerprint density at radius 1 is 1.86 bits per heavy atom. The van der Waals surface area contributed by atoms with Crippen LogP contribution < -0.4 is 5.32 Å². The molecule has 0 aliphatic carbocycles. The summed E-state index contributed by atoms with van der Waals surface area (Å²) >= 11 is 2.98. The minimum Gasteiger partial charge on any atom is -0.272 e. The Bertz CT molecular complexity index is 339. The average Bonchev–Trinajstić information content (AvgIpc) is 2.69. The molecule has 0 aromatic carbocycles. The molecule has 1 unspecified atom stereocenters. The van der Waals surface area contributed by atoms with E-state index in [0.29, 0.717) is 5.17 Å². The van der Waals surface area contributed by atoms with Gasteiger partial charge in [0.25, 0.3) is 0 Å². The summed E-state index contributed by atoms with van der Waals surface area (Å²) in [4.78, 5) is 8.48. The quantitative estimate of drug-likeness (QED) is 0.362. The molecule has 0 saturated carbocycles. The number of hydrogen-bond donors (Lipinski definition) is 1. The van der Waals surface area contributed by atoms with Crippen LogP contribution in [-0.2, 0) is 0 Å². The van der Waals surface area contributed by atoms with E-state index in [-0.39, 0.29) is 6.04 Å². The van der Waals surface area contributed by atoms with E-state index in [1.165, 1.54) is 11.8 Å². The Hall–Kier alpha value is -1.06. The minimum absolute atomic E-state index is 0.00157. The summed E-state index contributed by atoms with van der Waals surface area (Å²) in [5.74, 6) is 0. The van der Waals surface area contributed by atoms with Crippen molar-refractivity contribution in [2.24, 2.45) is 4.99 Å². The molecule has 1 aromatic rings. The molecule has 0 aliphatic rings. The van der Waals surface area contributed by atoms with Crippen LogP contribution in [0.5, 0.6) is 0 Å². The van der Waals surface area contributed by atoms with Crippen molar-refractivity contribution < 1.29 is 0 Å². The molecule has 4 nitrogen and oxygen atoms in total. The van der Waals surface area contributed by atoms with Crippen molar-refractivity contribution in [3.05, 3.63) is 16.6 Å². The van der Waals surface area contributed by atoms with Gasteiger partial charge in [-0.25, -0.2) is 4.98 Å².